The summed E-state index contributed by atoms with van der Waals surface area (Å²) in [6.45, 7) is 1.61. The predicted octanol–water partition coefficient (Wildman–Crippen LogP) is -0.279. The third-order valence-corrected chi connectivity index (χ3v) is 4.79. The van der Waals surface area contributed by atoms with Gasteiger partial charge in [0, 0.05) is 25.5 Å². The smallest absolute Gasteiger partial charge is 0.167 e. The molecule has 0 bridgehead atoms. The summed E-state index contributed by atoms with van der Waals surface area (Å²) in [5.41, 5.74) is 6.65. The van der Waals surface area contributed by atoms with E-state index in [9.17, 15) is 10.2 Å². The van der Waals surface area contributed by atoms with E-state index in [1.165, 1.54) is 12.7 Å². The number of hydrogen-bond acceptors (Lipinski definition) is 9. The number of nitrogens with two attached hydrogens (primary N) is 1. The Kier molecular flexibility index (Phi) is 5.48. The Morgan fingerprint density at radius 2 is 2.04 bits per heavy atom. The number of rotatable bonds is 8. The van der Waals surface area contributed by atoms with E-state index >= 15 is 0 Å². The van der Waals surface area contributed by atoms with Gasteiger partial charge in [0.2, 0.25) is 0 Å². The molecule has 0 aromatic carbocycles. The zero-order chi connectivity index (χ0) is 19.5. The normalized spacial score (nSPS) is 24.9. The number of anilines is 1. The third-order valence-electron chi connectivity index (χ3n) is 4.79. The van der Waals surface area contributed by atoms with E-state index in [1.54, 1.807) is 17.1 Å². The SMILES string of the molecule is Nc1ncnc2c1ncn2[C@@H]1O[C@H](COCCCCn2ccnc2)[C@@H](O)[C@H]1O. The molecule has 3 aromatic heterocycles. The molecule has 28 heavy (non-hydrogen) atoms. The first-order chi connectivity index (χ1) is 13.6. The maximum Gasteiger partial charge on any atom is 0.167 e. The second kappa shape index (κ2) is 8.19. The van der Waals surface area contributed by atoms with E-state index in [2.05, 4.69) is 19.9 Å². The number of imidazole rings is 2. The molecule has 0 amide bonds. The molecule has 0 aliphatic carbocycles. The molecule has 4 rings (SSSR count). The lowest BCUT2D eigenvalue weighted by Crippen LogP contribution is -2.34. The minimum atomic E-state index is -1.14. The Morgan fingerprint density at radius 1 is 1.14 bits per heavy atom. The maximum atomic E-state index is 10.4. The second-order valence-corrected chi connectivity index (χ2v) is 6.71. The summed E-state index contributed by atoms with van der Waals surface area (Å²) in [6.07, 6.45) is 6.37. The number of ether oxygens (including phenoxy) is 2. The largest absolute Gasteiger partial charge is 0.387 e. The van der Waals surface area contributed by atoms with E-state index in [1.807, 2.05) is 10.8 Å². The molecule has 1 saturated heterocycles. The molecule has 0 saturated carbocycles. The number of nitrogens with zero attached hydrogens (tertiary/aromatic N) is 6. The lowest BCUT2D eigenvalue weighted by molar-refractivity contribution is -0.0657. The number of unbranched alkanes of at least 4 members (excludes halogenated alkanes) is 1. The fourth-order valence-electron chi connectivity index (χ4n) is 3.27. The molecule has 0 unspecified atom stereocenters. The van der Waals surface area contributed by atoms with E-state index in [0.29, 0.717) is 17.8 Å². The summed E-state index contributed by atoms with van der Waals surface area (Å²) < 4.78 is 15.0. The van der Waals surface area contributed by atoms with Crippen LogP contribution in [0.15, 0.2) is 31.4 Å². The molecule has 11 nitrogen and oxygen atoms in total. The van der Waals surface area contributed by atoms with Crippen LogP contribution in [0.2, 0.25) is 0 Å². The van der Waals surface area contributed by atoms with Gasteiger partial charge in [-0.3, -0.25) is 4.57 Å². The number of aliphatic hydroxyl groups is 2. The highest BCUT2D eigenvalue weighted by atomic mass is 16.6. The molecule has 11 heteroatoms. The molecule has 0 spiro atoms. The van der Waals surface area contributed by atoms with E-state index in [-0.39, 0.29) is 12.4 Å². The van der Waals surface area contributed by atoms with Gasteiger partial charge in [0.1, 0.15) is 30.2 Å². The molecule has 3 aromatic rings. The van der Waals surface area contributed by atoms with Gasteiger partial charge in [-0.1, -0.05) is 0 Å². The zero-order valence-corrected chi connectivity index (χ0v) is 15.2. The van der Waals surface area contributed by atoms with Gasteiger partial charge in [-0.05, 0) is 12.8 Å². The summed E-state index contributed by atoms with van der Waals surface area (Å²) in [7, 11) is 0. The van der Waals surface area contributed by atoms with Crippen molar-refractivity contribution < 1.29 is 19.7 Å². The zero-order valence-electron chi connectivity index (χ0n) is 15.2. The van der Waals surface area contributed by atoms with Crippen molar-refractivity contribution >= 4 is 17.0 Å². The van der Waals surface area contributed by atoms with Gasteiger partial charge in [-0.15, -0.1) is 0 Å². The third kappa shape index (κ3) is 3.69. The first kappa shape index (κ1) is 18.7. The van der Waals surface area contributed by atoms with E-state index < -0.39 is 24.5 Å². The van der Waals surface area contributed by atoms with Crippen molar-refractivity contribution in [2.75, 3.05) is 18.9 Å². The Morgan fingerprint density at radius 3 is 2.86 bits per heavy atom. The number of aromatic nitrogens is 6. The maximum absolute atomic E-state index is 10.4. The number of aryl methyl sites for hydroxylation is 1. The highest BCUT2D eigenvalue weighted by Gasteiger charge is 2.44. The quantitative estimate of drug-likeness (QED) is 0.443. The monoisotopic (exact) mass is 389 g/mol. The molecular weight excluding hydrogens is 366 g/mol. The fraction of sp³-hybridized carbons (Fsp3) is 0.529. The van der Waals surface area contributed by atoms with Gasteiger partial charge in [0.15, 0.2) is 17.7 Å². The van der Waals surface area contributed by atoms with Crippen LogP contribution in [0.1, 0.15) is 19.1 Å². The highest BCUT2D eigenvalue weighted by Crippen LogP contribution is 2.32. The molecule has 0 radical (unpaired) electrons. The van der Waals surface area contributed by atoms with Gasteiger partial charge >= 0.3 is 0 Å². The average molecular weight is 389 g/mol. The molecule has 4 N–H and O–H groups in total. The molecule has 1 fully saturated rings. The number of aliphatic hydroxyl groups excluding tert-OH is 2. The lowest BCUT2D eigenvalue weighted by atomic mass is 10.1. The van der Waals surface area contributed by atoms with Gasteiger partial charge in [-0.25, -0.2) is 19.9 Å². The van der Waals surface area contributed by atoms with E-state index in [4.69, 9.17) is 15.2 Å². The first-order valence-corrected chi connectivity index (χ1v) is 9.13. The van der Waals surface area contributed by atoms with E-state index in [0.717, 1.165) is 19.4 Å². The van der Waals surface area contributed by atoms with Crippen molar-refractivity contribution in [1.29, 1.82) is 0 Å². The van der Waals surface area contributed by atoms with Crippen LogP contribution in [-0.2, 0) is 16.0 Å². The summed E-state index contributed by atoms with van der Waals surface area (Å²) in [6, 6.07) is 0. The Hall–Kier alpha value is -2.60. The minimum Gasteiger partial charge on any atom is -0.387 e. The van der Waals surface area contributed by atoms with Crippen LogP contribution in [0.25, 0.3) is 11.2 Å². The molecule has 1 aliphatic heterocycles. The van der Waals surface area contributed by atoms with Crippen molar-refractivity contribution in [3.8, 4) is 0 Å². The van der Waals surface area contributed by atoms with Crippen LogP contribution in [0.3, 0.4) is 0 Å². The predicted molar refractivity (Wildman–Crippen MR) is 97.9 cm³/mol. The van der Waals surface area contributed by atoms with Crippen molar-refractivity contribution in [3.63, 3.8) is 0 Å². The highest BCUT2D eigenvalue weighted by molar-refractivity contribution is 5.81. The number of nitrogen functional groups attached to an aromatic ring is 1. The lowest BCUT2D eigenvalue weighted by Gasteiger charge is -2.16. The van der Waals surface area contributed by atoms with Gasteiger partial charge in [0.25, 0.3) is 0 Å². The Labute approximate surface area is 160 Å². The van der Waals surface area contributed by atoms with Crippen molar-refractivity contribution in [2.45, 2.75) is 43.9 Å². The van der Waals surface area contributed by atoms with Crippen LogP contribution < -0.4 is 5.73 Å². The van der Waals surface area contributed by atoms with Crippen molar-refractivity contribution in [2.24, 2.45) is 0 Å². The first-order valence-electron chi connectivity index (χ1n) is 9.13. The molecule has 4 atom stereocenters. The Balaban J connectivity index is 1.30. The number of fused-ring (bicyclic) bond motifs is 1. The molecule has 1 aliphatic rings. The Bertz CT molecular complexity index is 900. The van der Waals surface area contributed by atoms with Crippen LogP contribution in [0.5, 0.6) is 0 Å². The van der Waals surface area contributed by atoms with Crippen LogP contribution >= 0.6 is 0 Å². The standard InChI is InChI=1S/C17H23N7O4/c18-15-12-16(21-8-20-15)24(10-22-12)17-14(26)13(25)11(28-17)7-27-6-2-1-4-23-5-3-19-9-23/h3,5,8-11,13-14,17,25-26H,1-2,4,6-7H2,(H2,18,20,21)/t11-,13-,14-,17-/m1/s1. The van der Waals surface area contributed by atoms with Crippen LogP contribution in [0.4, 0.5) is 5.82 Å². The summed E-state index contributed by atoms with van der Waals surface area (Å²) in [4.78, 5) is 16.2. The summed E-state index contributed by atoms with van der Waals surface area (Å²) in [5.74, 6) is 0.243. The molecule has 150 valence electrons. The van der Waals surface area contributed by atoms with Crippen LogP contribution in [-0.4, -0.2) is 70.8 Å². The summed E-state index contributed by atoms with van der Waals surface area (Å²) in [5, 5.41) is 20.7. The van der Waals surface area contributed by atoms with Gasteiger partial charge in [0.05, 0.1) is 19.3 Å². The topological polar surface area (TPSA) is 146 Å². The second-order valence-electron chi connectivity index (χ2n) is 6.71. The number of hydrogen-bond donors (Lipinski definition) is 3. The van der Waals surface area contributed by atoms with Crippen molar-refractivity contribution in [1.82, 2.24) is 29.1 Å². The fourth-order valence-corrected chi connectivity index (χ4v) is 3.27. The van der Waals surface area contributed by atoms with Crippen molar-refractivity contribution in [3.05, 3.63) is 31.4 Å². The molecular formula is C17H23N7O4. The van der Waals surface area contributed by atoms with Crippen LogP contribution in [0, 0.1) is 0 Å². The van der Waals surface area contributed by atoms with Gasteiger partial charge < -0.3 is 30.0 Å². The van der Waals surface area contributed by atoms with Gasteiger partial charge in [-0.2, -0.15) is 0 Å². The minimum absolute atomic E-state index is 0.184. The average Bonchev–Trinajstić information content (AvgIpc) is 3.41. The molecule has 4 heterocycles. The summed E-state index contributed by atoms with van der Waals surface area (Å²) >= 11 is 0.